The van der Waals surface area contributed by atoms with E-state index in [0.29, 0.717) is 17.3 Å². The van der Waals surface area contributed by atoms with E-state index >= 15 is 0 Å². The first-order valence-electron chi connectivity index (χ1n) is 6.25. The molecule has 1 aliphatic heterocycles. The van der Waals surface area contributed by atoms with Crippen LogP contribution in [0.3, 0.4) is 0 Å². The van der Waals surface area contributed by atoms with Crippen molar-refractivity contribution in [2.75, 3.05) is 13.1 Å². The van der Waals surface area contributed by atoms with Gasteiger partial charge >= 0.3 is 0 Å². The fourth-order valence-electron chi connectivity index (χ4n) is 1.91. The van der Waals surface area contributed by atoms with Crippen LogP contribution in [0, 0.1) is 0 Å². The number of aromatic nitrogens is 2. The molecule has 3 N–H and O–H groups in total. The molecule has 0 radical (unpaired) electrons. The summed E-state index contributed by atoms with van der Waals surface area (Å²) in [5.74, 6) is 0.306. The molecule has 1 aliphatic rings. The van der Waals surface area contributed by atoms with E-state index in [-0.39, 0.29) is 23.7 Å². The average molecular weight is 277 g/mol. The van der Waals surface area contributed by atoms with Gasteiger partial charge in [-0.2, -0.15) is 4.98 Å². The summed E-state index contributed by atoms with van der Waals surface area (Å²) in [6.07, 6.45) is 0. The van der Waals surface area contributed by atoms with Crippen molar-refractivity contribution in [1.82, 2.24) is 15.5 Å². The third-order valence-electron chi connectivity index (χ3n) is 3.24. The number of nitrogens with zero attached hydrogens (tertiary/aromatic N) is 2. The van der Waals surface area contributed by atoms with E-state index in [1.165, 1.54) is 12.1 Å². The van der Waals surface area contributed by atoms with Crippen LogP contribution in [-0.4, -0.2) is 39.0 Å². The Hall–Kier alpha value is -2.12. The fourth-order valence-corrected chi connectivity index (χ4v) is 1.91. The number of hydrogen-bond donors (Lipinski definition) is 3. The van der Waals surface area contributed by atoms with Crippen molar-refractivity contribution < 1.29 is 19.5 Å². The molecule has 7 heteroatoms. The molecule has 0 saturated carbocycles. The minimum absolute atomic E-state index is 0.175. The maximum atomic E-state index is 9.45. The Morgan fingerprint density at radius 1 is 1.35 bits per heavy atom. The third-order valence-corrected chi connectivity index (χ3v) is 3.24. The second kappa shape index (κ2) is 4.77. The van der Waals surface area contributed by atoms with Gasteiger partial charge in [-0.3, -0.25) is 0 Å². The molecule has 0 unspecified atom stereocenters. The highest BCUT2D eigenvalue weighted by atomic mass is 16.5. The van der Waals surface area contributed by atoms with Gasteiger partial charge in [-0.15, -0.1) is 0 Å². The van der Waals surface area contributed by atoms with Crippen LogP contribution >= 0.6 is 0 Å². The van der Waals surface area contributed by atoms with Crippen molar-refractivity contribution in [3.05, 3.63) is 24.1 Å². The lowest BCUT2D eigenvalue weighted by atomic mass is 10.0. The van der Waals surface area contributed by atoms with Crippen LogP contribution in [-0.2, 0) is 11.3 Å². The van der Waals surface area contributed by atoms with Crippen LogP contribution in [0.5, 0.6) is 11.5 Å². The molecular weight excluding hydrogens is 262 g/mol. The van der Waals surface area contributed by atoms with Crippen LogP contribution < -0.4 is 5.32 Å². The number of hydrogen-bond acceptors (Lipinski definition) is 7. The summed E-state index contributed by atoms with van der Waals surface area (Å²) in [6, 6.07) is 4.35. The zero-order valence-electron chi connectivity index (χ0n) is 11.0. The first-order chi connectivity index (χ1) is 9.56. The molecule has 0 atom stereocenters. The smallest absolute Gasteiger partial charge is 0.252 e. The predicted molar refractivity (Wildman–Crippen MR) is 69.1 cm³/mol. The lowest BCUT2D eigenvalue weighted by Gasteiger charge is -2.38. The van der Waals surface area contributed by atoms with Crippen molar-refractivity contribution in [2.45, 2.75) is 19.1 Å². The van der Waals surface area contributed by atoms with Crippen molar-refractivity contribution in [2.24, 2.45) is 0 Å². The van der Waals surface area contributed by atoms with Gasteiger partial charge in [0.2, 0.25) is 5.82 Å². The molecule has 1 aromatic carbocycles. The van der Waals surface area contributed by atoms with Crippen molar-refractivity contribution >= 4 is 0 Å². The lowest BCUT2D eigenvalue weighted by Crippen LogP contribution is -2.58. The summed E-state index contributed by atoms with van der Waals surface area (Å²) in [6.45, 7) is 3.87. The molecule has 1 fully saturated rings. The number of aromatic hydroxyl groups is 2. The molecule has 1 saturated heterocycles. The topological polar surface area (TPSA) is 101 Å². The standard InChI is InChI=1S/C13H15N3O4/c1-13(6-14-7-13)19-5-11-15-12(16-20-11)8-2-3-9(17)10(18)4-8/h2-4,14,17-18H,5-7H2,1H3. The van der Waals surface area contributed by atoms with Crippen molar-refractivity contribution in [1.29, 1.82) is 0 Å². The molecule has 3 rings (SSSR count). The van der Waals surface area contributed by atoms with E-state index in [0.717, 1.165) is 13.1 Å². The van der Waals surface area contributed by atoms with Crippen molar-refractivity contribution in [3.63, 3.8) is 0 Å². The zero-order chi connectivity index (χ0) is 14.2. The van der Waals surface area contributed by atoms with E-state index < -0.39 is 0 Å². The molecule has 0 amide bonds. The quantitative estimate of drug-likeness (QED) is 0.717. The minimum Gasteiger partial charge on any atom is -0.504 e. The van der Waals surface area contributed by atoms with Gasteiger partial charge in [0.05, 0.1) is 5.60 Å². The predicted octanol–water partition coefficient (Wildman–Crippen LogP) is 1.03. The van der Waals surface area contributed by atoms with Gasteiger partial charge in [0, 0.05) is 18.7 Å². The Morgan fingerprint density at radius 3 is 2.80 bits per heavy atom. The first-order valence-corrected chi connectivity index (χ1v) is 6.25. The normalized spacial score (nSPS) is 16.9. The monoisotopic (exact) mass is 277 g/mol. The molecule has 20 heavy (non-hydrogen) atoms. The van der Waals surface area contributed by atoms with Crippen LogP contribution in [0.25, 0.3) is 11.4 Å². The molecule has 2 aromatic rings. The van der Waals surface area contributed by atoms with Gasteiger partial charge in [-0.1, -0.05) is 5.16 Å². The SMILES string of the molecule is CC1(OCc2nc(-c3ccc(O)c(O)c3)no2)CNC1. The summed E-state index contributed by atoms with van der Waals surface area (Å²) in [7, 11) is 0. The van der Waals surface area contributed by atoms with Gasteiger partial charge in [0.15, 0.2) is 11.5 Å². The van der Waals surface area contributed by atoms with Gasteiger partial charge in [-0.05, 0) is 25.1 Å². The van der Waals surface area contributed by atoms with Crippen LogP contribution in [0.15, 0.2) is 22.7 Å². The van der Waals surface area contributed by atoms with Crippen LogP contribution in [0.1, 0.15) is 12.8 Å². The van der Waals surface area contributed by atoms with Crippen LogP contribution in [0.4, 0.5) is 0 Å². The summed E-state index contributed by atoms with van der Waals surface area (Å²) in [4.78, 5) is 4.20. The largest absolute Gasteiger partial charge is 0.504 e. The highest BCUT2D eigenvalue weighted by Gasteiger charge is 2.33. The molecule has 2 heterocycles. The highest BCUT2D eigenvalue weighted by Crippen LogP contribution is 2.29. The maximum absolute atomic E-state index is 9.45. The molecular formula is C13H15N3O4. The van der Waals surface area contributed by atoms with E-state index in [9.17, 15) is 10.2 Å². The number of benzene rings is 1. The number of rotatable bonds is 4. The molecule has 0 bridgehead atoms. The zero-order valence-corrected chi connectivity index (χ0v) is 11.0. The Bertz CT molecular complexity index is 622. The molecule has 1 aromatic heterocycles. The second-order valence-electron chi connectivity index (χ2n) is 5.06. The highest BCUT2D eigenvalue weighted by molar-refractivity contribution is 5.59. The Balaban J connectivity index is 1.71. The molecule has 106 valence electrons. The second-order valence-corrected chi connectivity index (χ2v) is 5.06. The third kappa shape index (κ3) is 2.45. The van der Waals surface area contributed by atoms with Gasteiger partial charge in [0.25, 0.3) is 5.89 Å². The Morgan fingerprint density at radius 2 is 2.15 bits per heavy atom. The van der Waals surface area contributed by atoms with Gasteiger partial charge in [-0.25, -0.2) is 0 Å². The number of ether oxygens (including phenoxy) is 1. The Labute approximate surface area is 115 Å². The Kier molecular flexibility index (Phi) is 3.07. The van der Waals surface area contributed by atoms with E-state index in [4.69, 9.17) is 9.26 Å². The first kappa shape index (κ1) is 12.9. The fraction of sp³-hybridized carbons (Fsp3) is 0.385. The van der Waals surface area contributed by atoms with E-state index in [2.05, 4.69) is 15.5 Å². The minimum atomic E-state index is -0.224. The number of phenolic OH excluding ortho intramolecular Hbond substituents is 2. The summed E-state index contributed by atoms with van der Waals surface area (Å²) in [5.41, 5.74) is 0.387. The lowest BCUT2D eigenvalue weighted by molar-refractivity contribution is -0.0841. The molecule has 7 nitrogen and oxygen atoms in total. The van der Waals surface area contributed by atoms with Gasteiger partial charge in [0.1, 0.15) is 6.61 Å². The summed E-state index contributed by atoms with van der Waals surface area (Å²) in [5, 5.41) is 25.7. The summed E-state index contributed by atoms with van der Waals surface area (Å²) < 4.78 is 10.8. The number of phenols is 2. The van der Waals surface area contributed by atoms with E-state index in [1.54, 1.807) is 6.07 Å². The molecule has 0 spiro atoms. The van der Waals surface area contributed by atoms with Gasteiger partial charge < -0.3 is 24.8 Å². The van der Waals surface area contributed by atoms with Crippen molar-refractivity contribution in [3.8, 4) is 22.9 Å². The maximum Gasteiger partial charge on any atom is 0.252 e. The average Bonchev–Trinajstić information content (AvgIpc) is 2.86. The van der Waals surface area contributed by atoms with E-state index in [1.807, 2.05) is 6.92 Å². The number of nitrogens with one attached hydrogen (secondary N) is 1. The van der Waals surface area contributed by atoms with Crippen LogP contribution in [0.2, 0.25) is 0 Å². The summed E-state index contributed by atoms with van der Waals surface area (Å²) >= 11 is 0. The molecule has 0 aliphatic carbocycles.